The smallest absolute Gasteiger partial charge is 0.119 e. The number of aliphatic hydroxyl groups is 1. The van der Waals surface area contributed by atoms with Gasteiger partial charge in [-0.15, -0.1) is 0 Å². The van der Waals surface area contributed by atoms with Gasteiger partial charge in [-0.2, -0.15) is 0 Å². The Balaban J connectivity index is 1.69. The van der Waals surface area contributed by atoms with Gasteiger partial charge in [0.25, 0.3) is 0 Å². The van der Waals surface area contributed by atoms with Crippen LogP contribution in [0.4, 0.5) is 0 Å². The highest BCUT2D eigenvalue weighted by atomic mass is 16.5. The van der Waals surface area contributed by atoms with Crippen LogP contribution < -0.4 is 4.74 Å². The summed E-state index contributed by atoms with van der Waals surface area (Å²) in [5.74, 6) is 0.916. The van der Waals surface area contributed by atoms with Crippen LogP contribution >= 0.6 is 0 Å². The molecule has 1 heterocycles. The molecule has 1 N–H and O–H groups in total. The van der Waals surface area contributed by atoms with Gasteiger partial charge >= 0.3 is 0 Å². The fraction of sp³-hybridized carbons (Fsp3) is 0.625. The molecule has 0 spiro atoms. The first-order valence-corrected chi connectivity index (χ1v) is 7.25. The van der Waals surface area contributed by atoms with Gasteiger partial charge in [0, 0.05) is 13.0 Å². The predicted octanol–water partition coefficient (Wildman–Crippen LogP) is 2.95. The van der Waals surface area contributed by atoms with Crippen LogP contribution in [0.25, 0.3) is 0 Å². The van der Waals surface area contributed by atoms with E-state index in [1.165, 1.54) is 18.4 Å². The summed E-state index contributed by atoms with van der Waals surface area (Å²) in [4.78, 5) is 0. The number of hydrogen-bond donors (Lipinski definition) is 1. The fourth-order valence-electron chi connectivity index (χ4n) is 2.31. The van der Waals surface area contributed by atoms with Crippen molar-refractivity contribution >= 4 is 0 Å². The highest BCUT2D eigenvalue weighted by Crippen LogP contribution is 2.17. The summed E-state index contributed by atoms with van der Waals surface area (Å²) >= 11 is 0. The van der Waals surface area contributed by atoms with Gasteiger partial charge in [0.1, 0.15) is 5.75 Å². The molecule has 106 valence electrons. The van der Waals surface area contributed by atoms with E-state index < -0.39 is 0 Å². The zero-order valence-electron chi connectivity index (χ0n) is 11.7. The molecule has 1 aliphatic rings. The lowest BCUT2D eigenvalue weighted by molar-refractivity contribution is 0.0903. The van der Waals surface area contributed by atoms with E-state index in [0.717, 1.165) is 38.2 Å². The molecular formula is C16H24O3. The van der Waals surface area contributed by atoms with Crippen molar-refractivity contribution in [1.29, 1.82) is 0 Å². The highest BCUT2D eigenvalue weighted by Gasteiger charge is 2.14. The van der Waals surface area contributed by atoms with Gasteiger partial charge in [0.15, 0.2) is 0 Å². The maximum Gasteiger partial charge on any atom is 0.119 e. The van der Waals surface area contributed by atoms with Crippen LogP contribution in [0.3, 0.4) is 0 Å². The lowest BCUT2D eigenvalue weighted by Gasteiger charge is -2.11. The number of aliphatic hydroxyl groups excluding tert-OH is 1. The quantitative estimate of drug-likeness (QED) is 0.823. The molecule has 1 aromatic carbocycles. The predicted molar refractivity (Wildman–Crippen MR) is 75.5 cm³/mol. The van der Waals surface area contributed by atoms with E-state index in [-0.39, 0.29) is 6.10 Å². The molecule has 2 atom stereocenters. The van der Waals surface area contributed by atoms with Gasteiger partial charge in [-0.3, -0.25) is 0 Å². The third-order valence-corrected chi connectivity index (χ3v) is 3.51. The van der Waals surface area contributed by atoms with Crippen LogP contribution in [0.2, 0.25) is 0 Å². The van der Waals surface area contributed by atoms with Gasteiger partial charge in [-0.05, 0) is 50.3 Å². The Bertz CT molecular complexity index is 353. The van der Waals surface area contributed by atoms with Gasteiger partial charge < -0.3 is 14.6 Å². The van der Waals surface area contributed by atoms with Gasteiger partial charge in [0.05, 0.1) is 18.8 Å². The molecule has 0 radical (unpaired) electrons. The fourth-order valence-corrected chi connectivity index (χ4v) is 2.31. The molecule has 0 amide bonds. The second-order valence-electron chi connectivity index (χ2n) is 5.30. The summed E-state index contributed by atoms with van der Waals surface area (Å²) in [7, 11) is 0. The minimum absolute atomic E-state index is 0.234. The number of rotatable bonds is 7. The molecule has 2 rings (SSSR count). The van der Waals surface area contributed by atoms with Crippen LogP contribution in [0, 0.1) is 0 Å². The minimum atomic E-state index is -0.234. The number of aryl methyl sites for hydroxylation is 1. The summed E-state index contributed by atoms with van der Waals surface area (Å²) in [6, 6.07) is 8.16. The average Bonchev–Trinajstić information content (AvgIpc) is 2.91. The van der Waals surface area contributed by atoms with Crippen LogP contribution in [-0.4, -0.2) is 30.5 Å². The first-order valence-electron chi connectivity index (χ1n) is 7.25. The Hall–Kier alpha value is -1.06. The molecule has 1 fully saturated rings. The zero-order valence-corrected chi connectivity index (χ0v) is 11.7. The van der Waals surface area contributed by atoms with E-state index in [0.29, 0.717) is 6.10 Å². The van der Waals surface area contributed by atoms with Crippen molar-refractivity contribution in [2.45, 2.75) is 51.2 Å². The second-order valence-corrected chi connectivity index (χ2v) is 5.30. The Morgan fingerprint density at radius 2 is 2.16 bits per heavy atom. The van der Waals surface area contributed by atoms with Crippen molar-refractivity contribution < 1.29 is 14.6 Å². The van der Waals surface area contributed by atoms with E-state index >= 15 is 0 Å². The van der Waals surface area contributed by atoms with Gasteiger partial charge in [-0.1, -0.05) is 12.1 Å². The van der Waals surface area contributed by atoms with E-state index in [2.05, 4.69) is 12.1 Å². The van der Waals surface area contributed by atoms with Crippen LogP contribution in [0.15, 0.2) is 24.3 Å². The van der Waals surface area contributed by atoms with E-state index in [1.54, 1.807) is 0 Å². The molecule has 3 heteroatoms. The van der Waals surface area contributed by atoms with E-state index in [9.17, 15) is 5.11 Å². The van der Waals surface area contributed by atoms with Crippen LogP contribution in [0.5, 0.6) is 5.75 Å². The molecular weight excluding hydrogens is 240 g/mol. The van der Waals surface area contributed by atoms with Gasteiger partial charge in [-0.25, -0.2) is 0 Å². The molecule has 1 aliphatic heterocycles. The first kappa shape index (κ1) is 14.4. The Morgan fingerprint density at radius 1 is 1.37 bits per heavy atom. The Kier molecular flexibility index (Phi) is 5.67. The van der Waals surface area contributed by atoms with Crippen LogP contribution in [0.1, 0.15) is 38.2 Å². The monoisotopic (exact) mass is 264 g/mol. The zero-order chi connectivity index (χ0) is 13.5. The van der Waals surface area contributed by atoms with Crippen molar-refractivity contribution in [3.8, 4) is 5.75 Å². The largest absolute Gasteiger partial charge is 0.493 e. The third-order valence-electron chi connectivity index (χ3n) is 3.51. The molecule has 19 heavy (non-hydrogen) atoms. The summed E-state index contributed by atoms with van der Waals surface area (Å²) in [5.41, 5.74) is 1.24. The minimum Gasteiger partial charge on any atom is -0.493 e. The molecule has 2 unspecified atom stereocenters. The molecule has 0 aliphatic carbocycles. The molecule has 0 bridgehead atoms. The molecule has 0 saturated carbocycles. The normalized spacial score (nSPS) is 20.4. The van der Waals surface area contributed by atoms with Crippen molar-refractivity contribution in [2.24, 2.45) is 0 Å². The second kappa shape index (κ2) is 7.51. The maximum absolute atomic E-state index is 9.25. The highest BCUT2D eigenvalue weighted by molar-refractivity contribution is 5.27. The molecule has 1 aromatic rings. The van der Waals surface area contributed by atoms with E-state index in [1.807, 2.05) is 19.1 Å². The molecule has 1 saturated heterocycles. The molecule has 0 aromatic heterocycles. The first-order chi connectivity index (χ1) is 9.24. The van der Waals surface area contributed by atoms with Crippen molar-refractivity contribution in [2.75, 3.05) is 13.2 Å². The number of hydrogen-bond acceptors (Lipinski definition) is 3. The number of ether oxygens (including phenoxy) is 2. The SMILES string of the molecule is CC(O)CCc1ccc(OCCC2CCCO2)cc1. The van der Waals surface area contributed by atoms with Crippen molar-refractivity contribution in [3.05, 3.63) is 29.8 Å². The summed E-state index contributed by atoms with van der Waals surface area (Å²) in [6.07, 6.45) is 5.20. The van der Waals surface area contributed by atoms with Crippen molar-refractivity contribution in [1.82, 2.24) is 0 Å². The number of benzene rings is 1. The summed E-state index contributed by atoms with van der Waals surface area (Å²) in [6.45, 7) is 3.45. The Morgan fingerprint density at radius 3 is 2.79 bits per heavy atom. The van der Waals surface area contributed by atoms with Crippen molar-refractivity contribution in [3.63, 3.8) is 0 Å². The maximum atomic E-state index is 9.25. The molecule has 3 nitrogen and oxygen atoms in total. The van der Waals surface area contributed by atoms with E-state index in [4.69, 9.17) is 9.47 Å². The van der Waals surface area contributed by atoms with Gasteiger partial charge in [0.2, 0.25) is 0 Å². The third kappa shape index (κ3) is 5.21. The average molecular weight is 264 g/mol. The summed E-state index contributed by atoms with van der Waals surface area (Å²) in [5, 5.41) is 9.25. The summed E-state index contributed by atoms with van der Waals surface area (Å²) < 4.78 is 11.3. The lowest BCUT2D eigenvalue weighted by atomic mass is 10.1. The standard InChI is InChI=1S/C16H24O3/c1-13(17)4-5-14-6-8-16(9-7-14)19-12-10-15-3-2-11-18-15/h6-9,13,15,17H,2-5,10-12H2,1H3. The Labute approximate surface area is 115 Å². The topological polar surface area (TPSA) is 38.7 Å². The lowest BCUT2D eigenvalue weighted by Crippen LogP contribution is -2.10. The van der Waals surface area contributed by atoms with Crippen LogP contribution in [-0.2, 0) is 11.2 Å².